The first kappa shape index (κ1) is 16.9. The van der Waals surface area contributed by atoms with Crippen molar-refractivity contribution in [3.63, 3.8) is 0 Å². The summed E-state index contributed by atoms with van der Waals surface area (Å²) in [6, 6.07) is 4.67. The van der Waals surface area contributed by atoms with Crippen LogP contribution in [0, 0.1) is 17.0 Å². The van der Waals surface area contributed by atoms with Crippen LogP contribution in [0.2, 0.25) is 0 Å². The van der Waals surface area contributed by atoms with Gasteiger partial charge in [0.1, 0.15) is 12.1 Å². The molecule has 0 aliphatic rings. The van der Waals surface area contributed by atoms with Gasteiger partial charge in [0.15, 0.2) is 5.75 Å². The molecule has 7 nitrogen and oxygen atoms in total. The highest BCUT2D eigenvalue weighted by molar-refractivity contribution is 5.80. The van der Waals surface area contributed by atoms with E-state index in [2.05, 4.69) is 5.32 Å². The summed E-state index contributed by atoms with van der Waals surface area (Å²) in [7, 11) is 1.29. The minimum Gasteiger partial charge on any atom is -0.484 e. The number of nitrogens with zero attached hydrogens (tertiary/aromatic N) is 1. The van der Waals surface area contributed by atoms with Crippen LogP contribution in [-0.4, -0.2) is 36.7 Å². The molecule has 1 aromatic rings. The molecular formula is C14H20N2O5. The fourth-order valence-corrected chi connectivity index (χ4v) is 1.98. The molecule has 0 saturated carbocycles. The van der Waals surface area contributed by atoms with Gasteiger partial charge >= 0.3 is 11.7 Å². The number of carbonyl (C=O) groups is 1. The molecule has 0 bridgehead atoms. The normalized spacial score (nSPS) is 13.3. The van der Waals surface area contributed by atoms with Crippen LogP contribution in [0.3, 0.4) is 0 Å². The topological polar surface area (TPSA) is 90.7 Å². The number of nitro benzene ring substituents is 1. The van der Waals surface area contributed by atoms with E-state index in [0.717, 1.165) is 0 Å². The lowest BCUT2D eigenvalue weighted by Crippen LogP contribution is -2.54. The number of aryl methyl sites for hydroxylation is 1. The van der Waals surface area contributed by atoms with E-state index in [9.17, 15) is 14.9 Å². The minimum atomic E-state index is -1.07. The van der Waals surface area contributed by atoms with Crippen molar-refractivity contribution < 1.29 is 19.2 Å². The van der Waals surface area contributed by atoms with E-state index in [1.165, 1.54) is 13.2 Å². The van der Waals surface area contributed by atoms with Crippen LogP contribution in [0.1, 0.15) is 19.4 Å². The Morgan fingerprint density at radius 1 is 1.48 bits per heavy atom. The first-order chi connectivity index (χ1) is 9.85. The molecule has 1 unspecified atom stereocenters. The quantitative estimate of drug-likeness (QED) is 0.469. The molecule has 0 saturated heterocycles. The first-order valence-corrected chi connectivity index (χ1v) is 6.56. The van der Waals surface area contributed by atoms with Gasteiger partial charge in [-0.15, -0.1) is 0 Å². The maximum absolute atomic E-state index is 11.9. The number of methoxy groups -OCH3 is 1. The molecule has 0 aliphatic carbocycles. The molecule has 7 heteroatoms. The number of carbonyl (C=O) groups excluding carboxylic acids is 1. The summed E-state index contributed by atoms with van der Waals surface area (Å²) in [6.45, 7) is 5.65. The Morgan fingerprint density at radius 3 is 2.67 bits per heavy atom. The number of ether oxygens (including phenoxy) is 2. The van der Waals surface area contributed by atoms with Crippen molar-refractivity contribution in [1.29, 1.82) is 0 Å². The Morgan fingerprint density at radius 2 is 2.14 bits per heavy atom. The Bertz CT molecular complexity index is 532. The highest BCUT2D eigenvalue weighted by atomic mass is 16.6. The number of para-hydroxylation sites is 1. The van der Waals surface area contributed by atoms with Gasteiger partial charge in [0.05, 0.1) is 12.0 Å². The van der Waals surface area contributed by atoms with Gasteiger partial charge in [0.25, 0.3) is 0 Å². The SMILES string of the molecule is CCNC(C)(COc1c(C)cccc1[N+](=O)[O-])C(=O)OC. The van der Waals surface area contributed by atoms with Gasteiger partial charge in [-0.25, -0.2) is 4.79 Å². The van der Waals surface area contributed by atoms with Crippen LogP contribution in [0.4, 0.5) is 5.69 Å². The Labute approximate surface area is 123 Å². The maximum atomic E-state index is 11.9. The average Bonchev–Trinajstić information content (AvgIpc) is 2.45. The Balaban J connectivity index is 3.01. The van der Waals surface area contributed by atoms with Crippen molar-refractivity contribution in [2.45, 2.75) is 26.3 Å². The highest BCUT2D eigenvalue weighted by Crippen LogP contribution is 2.30. The minimum absolute atomic E-state index is 0.0702. The summed E-state index contributed by atoms with van der Waals surface area (Å²) in [5.41, 5.74) is -0.564. The molecule has 116 valence electrons. The molecule has 21 heavy (non-hydrogen) atoms. The van der Waals surface area contributed by atoms with E-state index in [4.69, 9.17) is 9.47 Å². The van der Waals surface area contributed by atoms with E-state index < -0.39 is 16.4 Å². The number of benzene rings is 1. The van der Waals surface area contributed by atoms with Crippen molar-refractivity contribution >= 4 is 11.7 Å². The van der Waals surface area contributed by atoms with E-state index in [1.54, 1.807) is 26.0 Å². The summed E-state index contributed by atoms with van der Waals surface area (Å²) in [5, 5.41) is 14.0. The van der Waals surface area contributed by atoms with Gasteiger partial charge in [-0.3, -0.25) is 15.4 Å². The summed E-state index contributed by atoms with van der Waals surface area (Å²) >= 11 is 0. The third-order valence-corrected chi connectivity index (χ3v) is 3.10. The Kier molecular flexibility index (Phi) is 5.66. The lowest BCUT2D eigenvalue weighted by Gasteiger charge is -2.27. The van der Waals surface area contributed by atoms with Crippen LogP contribution in [0.15, 0.2) is 18.2 Å². The largest absolute Gasteiger partial charge is 0.484 e. The molecule has 0 amide bonds. The molecule has 0 aromatic heterocycles. The maximum Gasteiger partial charge on any atom is 0.329 e. The van der Waals surface area contributed by atoms with Gasteiger partial charge in [-0.05, 0) is 26.0 Å². The van der Waals surface area contributed by atoms with E-state index in [1.807, 2.05) is 6.92 Å². The molecular weight excluding hydrogens is 276 g/mol. The monoisotopic (exact) mass is 296 g/mol. The van der Waals surface area contributed by atoms with Crippen molar-refractivity contribution in [1.82, 2.24) is 5.32 Å². The fourth-order valence-electron chi connectivity index (χ4n) is 1.98. The molecule has 0 fully saturated rings. The predicted molar refractivity (Wildman–Crippen MR) is 77.4 cm³/mol. The number of nitrogens with one attached hydrogen (secondary N) is 1. The van der Waals surface area contributed by atoms with Crippen LogP contribution in [-0.2, 0) is 9.53 Å². The van der Waals surface area contributed by atoms with Crippen LogP contribution >= 0.6 is 0 Å². The van der Waals surface area contributed by atoms with E-state index in [-0.39, 0.29) is 18.0 Å². The lowest BCUT2D eigenvalue weighted by atomic mass is 10.0. The molecule has 1 rings (SSSR count). The van der Waals surface area contributed by atoms with Crippen molar-refractivity contribution in [3.05, 3.63) is 33.9 Å². The summed E-state index contributed by atoms with van der Waals surface area (Å²) < 4.78 is 10.3. The summed E-state index contributed by atoms with van der Waals surface area (Å²) in [4.78, 5) is 22.4. The molecule has 0 heterocycles. The average molecular weight is 296 g/mol. The second kappa shape index (κ2) is 7.03. The van der Waals surface area contributed by atoms with Crippen molar-refractivity contribution in [2.24, 2.45) is 0 Å². The van der Waals surface area contributed by atoms with Gasteiger partial charge in [0, 0.05) is 6.07 Å². The zero-order valence-electron chi connectivity index (χ0n) is 12.6. The Hall–Kier alpha value is -2.15. The summed E-state index contributed by atoms with van der Waals surface area (Å²) in [6.07, 6.45) is 0. The van der Waals surface area contributed by atoms with Crippen LogP contribution < -0.4 is 10.1 Å². The standard InChI is InChI=1S/C14H20N2O5/c1-5-15-14(3,13(17)20-4)9-21-12-10(2)7-6-8-11(12)16(18)19/h6-8,15H,5,9H2,1-4H3. The number of rotatable bonds is 7. The number of hydrogen-bond donors (Lipinski definition) is 1. The number of likely N-dealkylation sites (N-methyl/N-ethyl adjacent to an activating group) is 1. The van der Waals surface area contributed by atoms with Gasteiger partial charge in [-0.2, -0.15) is 0 Å². The number of nitro groups is 1. The number of esters is 1. The fraction of sp³-hybridized carbons (Fsp3) is 0.500. The van der Waals surface area contributed by atoms with Crippen LogP contribution in [0.5, 0.6) is 5.75 Å². The van der Waals surface area contributed by atoms with E-state index >= 15 is 0 Å². The predicted octanol–water partition coefficient (Wildman–Crippen LogP) is 1.82. The molecule has 1 N–H and O–H groups in total. The smallest absolute Gasteiger partial charge is 0.329 e. The highest BCUT2D eigenvalue weighted by Gasteiger charge is 2.35. The molecule has 0 spiro atoms. The molecule has 0 aliphatic heterocycles. The van der Waals surface area contributed by atoms with Crippen LogP contribution in [0.25, 0.3) is 0 Å². The van der Waals surface area contributed by atoms with Crippen molar-refractivity contribution in [2.75, 3.05) is 20.3 Å². The third kappa shape index (κ3) is 3.91. The zero-order chi connectivity index (χ0) is 16.0. The number of hydrogen-bond acceptors (Lipinski definition) is 6. The molecule has 0 radical (unpaired) electrons. The second-order valence-corrected chi connectivity index (χ2v) is 4.82. The van der Waals surface area contributed by atoms with Crippen molar-refractivity contribution in [3.8, 4) is 5.75 Å². The lowest BCUT2D eigenvalue weighted by molar-refractivity contribution is -0.386. The van der Waals surface area contributed by atoms with Gasteiger partial charge in [0.2, 0.25) is 0 Å². The molecule has 1 atom stereocenters. The molecule has 1 aromatic carbocycles. The second-order valence-electron chi connectivity index (χ2n) is 4.82. The third-order valence-electron chi connectivity index (χ3n) is 3.10. The van der Waals surface area contributed by atoms with E-state index in [0.29, 0.717) is 12.1 Å². The first-order valence-electron chi connectivity index (χ1n) is 6.56. The van der Waals surface area contributed by atoms with Gasteiger partial charge < -0.3 is 9.47 Å². The van der Waals surface area contributed by atoms with Gasteiger partial charge in [-0.1, -0.05) is 19.1 Å². The zero-order valence-corrected chi connectivity index (χ0v) is 12.6. The summed E-state index contributed by atoms with van der Waals surface area (Å²) in [5.74, 6) is -0.323.